The number of pyridine rings is 1. The van der Waals surface area contributed by atoms with E-state index in [0.717, 1.165) is 5.56 Å². The van der Waals surface area contributed by atoms with Gasteiger partial charge in [-0.2, -0.15) is 0 Å². The largest absolute Gasteiger partial charge is 0.321 e. The highest BCUT2D eigenvalue weighted by molar-refractivity contribution is 5.58. The number of nitrogens with zero attached hydrogens (tertiary/aromatic N) is 1. The molecule has 0 saturated carbocycles. The van der Waals surface area contributed by atoms with E-state index < -0.39 is 6.04 Å². The highest BCUT2D eigenvalue weighted by Gasteiger charge is 2.01. The Hall–Kier alpha value is -1.22. The number of aromatic nitrogens is 1. The summed E-state index contributed by atoms with van der Waals surface area (Å²) in [5, 5.41) is 0. The molecule has 1 aromatic rings. The van der Waals surface area contributed by atoms with Crippen molar-refractivity contribution in [2.75, 3.05) is 0 Å². The van der Waals surface area contributed by atoms with Crippen LogP contribution in [0.15, 0.2) is 24.5 Å². The van der Waals surface area contributed by atoms with Crippen LogP contribution in [0.3, 0.4) is 0 Å². The molecule has 0 fully saturated rings. The predicted molar refractivity (Wildman–Crippen MR) is 41.6 cm³/mol. The Labute approximate surface area is 65.2 Å². The smallest absolute Gasteiger partial charge is 0.217 e. The first-order valence-corrected chi connectivity index (χ1v) is 3.35. The lowest BCUT2D eigenvalue weighted by Crippen LogP contribution is -2.23. The maximum absolute atomic E-state index is 10.0. The number of rotatable bonds is 3. The van der Waals surface area contributed by atoms with E-state index in [9.17, 15) is 4.79 Å². The molecule has 0 aliphatic heterocycles. The zero-order valence-corrected chi connectivity index (χ0v) is 6.03. The molecule has 0 spiro atoms. The fourth-order valence-corrected chi connectivity index (χ4v) is 0.814. The third-order valence-electron chi connectivity index (χ3n) is 1.33. The highest BCUT2D eigenvalue weighted by atomic mass is 16.1. The van der Waals surface area contributed by atoms with Crippen molar-refractivity contribution in [1.29, 1.82) is 0 Å². The molecule has 0 bridgehead atoms. The van der Waals surface area contributed by atoms with Gasteiger partial charge >= 0.3 is 0 Å². The Bertz CT molecular complexity index is 223. The van der Waals surface area contributed by atoms with Gasteiger partial charge in [0.05, 0.1) is 6.04 Å². The molecule has 1 heterocycles. The number of hydrogen-bond donors (Lipinski definition) is 1. The van der Waals surface area contributed by atoms with Gasteiger partial charge in [-0.3, -0.25) is 9.78 Å². The standard InChI is InChI=1S/C8H9N2O/c9-8(6-11)4-7-2-1-3-10-5-7/h1-3,5,8H,4,9H2/t8-/m0/s1. The van der Waals surface area contributed by atoms with E-state index in [1.807, 2.05) is 12.1 Å². The molecular formula is C8H9N2O. The van der Waals surface area contributed by atoms with Crippen LogP contribution >= 0.6 is 0 Å². The third kappa shape index (κ3) is 2.47. The maximum atomic E-state index is 10.0. The average molecular weight is 149 g/mol. The summed E-state index contributed by atoms with van der Waals surface area (Å²) in [5.74, 6) is 0. The Balaban J connectivity index is 2.57. The highest BCUT2D eigenvalue weighted by Crippen LogP contribution is 1.97. The Morgan fingerprint density at radius 3 is 3.09 bits per heavy atom. The molecular weight excluding hydrogens is 140 g/mol. The van der Waals surface area contributed by atoms with Crippen LogP contribution in [0.2, 0.25) is 0 Å². The van der Waals surface area contributed by atoms with Crippen LogP contribution in [0.1, 0.15) is 5.56 Å². The van der Waals surface area contributed by atoms with Crippen LogP contribution < -0.4 is 5.73 Å². The maximum Gasteiger partial charge on any atom is 0.217 e. The molecule has 1 rings (SSSR count). The summed E-state index contributed by atoms with van der Waals surface area (Å²) in [6, 6.07) is 3.16. The summed E-state index contributed by atoms with van der Waals surface area (Å²) in [5.41, 5.74) is 6.32. The van der Waals surface area contributed by atoms with Gasteiger partial charge in [-0.25, -0.2) is 0 Å². The molecule has 3 heteroatoms. The first-order chi connectivity index (χ1) is 5.33. The zero-order chi connectivity index (χ0) is 8.10. The van der Waals surface area contributed by atoms with Crippen LogP contribution in [0.25, 0.3) is 0 Å². The van der Waals surface area contributed by atoms with Gasteiger partial charge in [0, 0.05) is 12.4 Å². The summed E-state index contributed by atoms with van der Waals surface area (Å²) in [6.45, 7) is 0. The molecule has 0 aliphatic carbocycles. The van der Waals surface area contributed by atoms with Gasteiger partial charge in [0.1, 0.15) is 0 Å². The van der Waals surface area contributed by atoms with Gasteiger partial charge < -0.3 is 5.73 Å². The molecule has 57 valence electrons. The van der Waals surface area contributed by atoms with E-state index in [2.05, 4.69) is 4.98 Å². The number of carbonyl (C=O) groups excluding carboxylic acids is 1. The second-order valence-electron chi connectivity index (χ2n) is 2.29. The molecule has 0 aromatic carbocycles. The minimum atomic E-state index is -0.529. The quantitative estimate of drug-likeness (QED) is 0.661. The first kappa shape index (κ1) is 7.88. The minimum Gasteiger partial charge on any atom is -0.321 e. The Morgan fingerprint density at radius 2 is 2.55 bits per heavy atom. The first-order valence-electron chi connectivity index (χ1n) is 3.35. The molecule has 0 amide bonds. The lowest BCUT2D eigenvalue weighted by Gasteiger charge is -2.00. The molecule has 11 heavy (non-hydrogen) atoms. The Morgan fingerprint density at radius 1 is 1.73 bits per heavy atom. The molecule has 1 atom stereocenters. The summed E-state index contributed by atoms with van der Waals surface area (Å²) in [4.78, 5) is 13.9. The number of hydrogen-bond acceptors (Lipinski definition) is 3. The lowest BCUT2D eigenvalue weighted by atomic mass is 10.1. The van der Waals surface area contributed by atoms with Crippen LogP contribution in [-0.2, 0) is 11.2 Å². The summed E-state index contributed by atoms with van der Waals surface area (Å²) in [7, 11) is 0. The van der Waals surface area contributed by atoms with E-state index in [1.54, 1.807) is 18.7 Å². The van der Waals surface area contributed by atoms with Gasteiger partial charge in [0.25, 0.3) is 0 Å². The van der Waals surface area contributed by atoms with Crippen molar-refractivity contribution in [3.63, 3.8) is 0 Å². The second-order valence-corrected chi connectivity index (χ2v) is 2.29. The zero-order valence-electron chi connectivity index (χ0n) is 6.03. The van der Waals surface area contributed by atoms with Crippen LogP contribution in [0.4, 0.5) is 0 Å². The summed E-state index contributed by atoms with van der Waals surface area (Å²) in [6.07, 6.45) is 5.60. The SMILES string of the molecule is N[C@H]([C]=O)Cc1cccnc1. The average Bonchev–Trinajstić information content (AvgIpc) is 2.06. The minimum absolute atomic E-state index is 0.511. The van der Waals surface area contributed by atoms with Crippen LogP contribution in [0, 0.1) is 0 Å². The van der Waals surface area contributed by atoms with Gasteiger partial charge in [-0.15, -0.1) is 0 Å². The fraction of sp³-hybridized carbons (Fsp3) is 0.250. The van der Waals surface area contributed by atoms with Crippen LogP contribution in [0.5, 0.6) is 0 Å². The molecule has 1 aromatic heterocycles. The number of nitrogens with two attached hydrogens (primary N) is 1. The van der Waals surface area contributed by atoms with Crippen molar-refractivity contribution in [2.24, 2.45) is 5.73 Å². The molecule has 0 saturated heterocycles. The van der Waals surface area contributed by atoms with Crippen molar-refractivity contribution >= 4 is 6.29 Å². The van der Waals surface area contributed by atoms with Gasteiger partial charge in [-0.05, 0) is 18.1 Å². The fourth-order valence-electron chi connectivity index (χ4n) is 0.814. The third-order valence-corrected chi connectivity index (χ3v) is 1.33. The normalized spacial score (nSPS) is 12.5. The van der Waals surface area contributed by atoms with Crippen molar-refractivity contribution in [2.45, 2.75) is 12.5 Å². The van der Waals surface area contributed by atoms with E-state index >= 15 is 0 Å². The molecule has 2 N–H and O–H groups in total. The second kappa shape index (κ2) is 3.83. The predicted octanol–water partition coefficient (Wildman–Crippen LogP) is 0.0611. The topological polar surface area (TPSA) is 56.0 Å². The van der Waals surface area contributed by atoms with Crippen molar-refractivity contribution in [1.82, 2.24) is 4.98 Å². The lowest BCUT2D eigenvalue weighted by molar-refractivity contribution is 0.540. The van der Waals surface area contributed by atoms with Gasteiger partial charge in [0.2, 0.25) is 6.29 Å². The Kier molecular flexibility index (Phi) is 2.74. The van der Waals surface area contributed by atoms with E-state index in [4.69, 9.17) is 5.73 Å². The summed E-state index contributed by atoms with van der Waals surface area (Å²) >= 11 is 0. The van der Waals surface area contributed by atoms with Gasteiger partial charge in [-0.1, -0.05) is 6.07 Å². The van der Waals surface area contributed by atoms with Crippen LogP contribution in [-0.4, -0.2) is 17.3 Å². The molecule has 3 nitrogen and oxygen atoms in total. The van der Waals surface area contributed by atoms with Crippen molar-refractivity contribution < 1.29 is 4.79 Å². The summed E-state index contributed by atoms with van der Waals surface area (Å²) < 4.78 is 0. The van der Waals surface area contributed by atoms with E-state index in [1.165, 1.54) is 0 Å². The van der Waals surface area contributed by atoms with Crippen molar-refractivity contribution in [3.05, 3.63) is 30.1 Å². The molecule has 1 radical (unpaired) electrons. The van der Waals surface area contributed by atoms with E-state index in [0.29, 0.717) is 6.42 Å². The monoisotopic (exact) mass is 149 g/mol. The molecule has 0 unspecified atom stereocenters. The van der Waals surface area contributed by atoms with Gasteiger partial charge in [0.15, 0.2) is 0 Å². The molecule has 0 aliphatic rings. The van der Waals surface area contributed by atoms with Crippen molar-refractivity contribution in [3.8, 4) is 0 Å². The van der Waals surface area contributed by atoms with E-state index in [-0.39, 0.29) is 0 Å².